The summed E-state index contributed by atoms with van der Waals surface area (Å²) in [5, 5.41) is 9.56. The number of benzene rings is 2. The molecule has 2 rings (SSSR count). The smallest absolute Gasteiger partial charge is 0.331 e. The fourth-order valence-electron chi connectivity index (χ4n) is 2.38. The minimum absolute atomic E-state index is 0.0239. The predicted molar refractivity (Wildman–Crippen MR) is 108 cm³/mol. The molecule has 2 aromatic rings. The van der Waals surface area contributed by atoms with E-state index in [2.05, 4.69) is 4.72 Å². The fourth-order valence-corrected chi connectivity index (χ4v) is 2.94. The predicted octanol–water partition coefficient (Wildman–Crippen LogP) is 2.60. The summed E-state index contributed by atoms with van der Waals surface area (Å²) in [4.78, 5) is 24.4. The third kappa shape index (κ3) is 6.65. The number of carbonyl (C=O) groups is 2. The Bertz CT molecular complexity index is 1030. The van der Waals surface area contributed by atoms with Gasteiger partial charge in [0, 0.05) is 17.3 Å². The van der Waals surface area contributed by atoms with Gasteiger partial charge in [0.15, 0.2) is 17.6 Å². The van der Waals surface area contributed by atoms with Crippen LogP contribution in [0.5, 0.6) is 11.5 Å². The molecule has 8 nitrogen and oxygen atoms in total. The number of sulfonamides is 1. The van der Waals surface area contributed by atoms with Gasteiger partial charge in [-0.15, -0.1) is 0 Å². The van der Waals surface area contributed by atoms with Crippen molar-refractivity contribution in [2.45, 2.75) is 13.0 Å². The van der Waals surface area contributed by atoms with E-state index in [1.165, 1.54) is 50.4 Å². The van der Waals surface area contributed by atoms with Gasteiger partial charge in [-0.2, -0.15) is 0 Å². The normalized spacial score (nSPS) is 12.4. The molecule has 0 spiro atoms. The Kier molecular flexibility index (Phi) is 7.00. The quantitative estimate of drug-likeness (QED) is 0.383. The molecule has 0 aliphatic carbocycles. The highest BCUT2D eigenvalue weighted by molar-refractivity contribution is 7.92. The zero-order valence-electron chi connectivity index (χ0n) is 16.1. The highest BCUT2D eigenvalue weighted by atomic mass is 32.2. The maximum Gasteiger partial charge on any atom is 0.331 e. The van der Waals surface area contributed by atoms with Gasteiger partial charge in [-0.25, -0.2) is 13.2 Å². The van der Waals surface area contributed by atoms with Crippen molar-refractivity contribution in [3.05, 3.63) is 59.7 Å². The van der Waals surface area contributed by atoms with Crippen molar-refractivity contribution in [3.8, 4) is 11.5 Å². The van der Waals surface area contributed by atoms with Crippen molar-refractivity contribution in [1.29, 1.82) is 0 Å². The summed E-state index contributed by atoms with van der Waals surface area (Å²) in [6.45, 7) is 1.44. The maximum absolute atomic E-state index is 12.4. The second-order valence-electron chi connectivity index (χ2n) is 6.16. The first-order valence-electron chi connectivity index (χ1n) is 8.47. The lowest BCUT2D eigenvalue weighted by molar-refractivity contribution is -0.140. The van der Waals surface area contributed by atoms with Crippen LogP contribution in [0.4, 0.5) is 5.69 Å². The van der Waals surface area contributed by atoms with Crippen molar-refractivity contribution in [2.75, 3.05) is 18.1 Å². The van der Waals surface area contributed by atoms with E-state index in [0.29, 0.717) is 11.3 Å². The Morgan fingerprint density at radius 1 is 1.14 bits per heavy atom. The molecular weight excluding hydrogens is 398 g/mol. The van der Waals surface area contributed by atoms with Crippen LogP contribution < -0.4 is 9.46 Å². The van der Waals surface area contributed by atoms with Gasteiger partial charge in [0.25, 0.3) is 0 Å². The lowest BCUT2D eigenvalue weighted by Gasteiger charge is -2.11. The second kappa shape index (κ2) is 9.24. The van der Waals surface area contributed by atoms with Gasteiger partial charge in [-0.3, -0.25) is 9.52 Å². The monoisotopic (exact) mass is 419 g/mol. The molecule has 0 radical (unpaired) electrons. The Hall–Kier alpha value is -3.33. The SMILES string of the molecule is COc1cc(/C=C/C(=O)O[C@@H](C)C(=O)c2ccc(NS(C)(=O)=O)cc2)ccc1O. The molecule has 0 aromatic heterocycles. The highest BCUT2D eigenvalue weighted by Gasteiger charge is 2.18. The molecule has 0 heterocycles. The molecule has 0 amide bonds. The van der Waals surface area contributed by atoms with Crippen LogP contribution in [0.15, 0.2) is 48.5 Å². The first kappa shape index (κ1) is 22.0. The molecule has 1 atom stereocenters. The van der Waals surface area contributed by atoms with Gasteiger partial charge < -0.3 is 14.6 Å². The lowest BCUT2D eigenvalue weighted by Crippen LogP contribution is -2.23. The van der Waals surface area contributed by atoms with E-state index < -0.39 is 27.9 Å². The number of carbonyl (C=O) groups excluding carboxylic acids is 2. The Labute approximate surface area is 168 Å². The number of phenolic OH excluding ortho intramolecular Hbond substituents is 1. The third-order valence-corrected chi connectivity index (χ3v) is 4.36. The van der Waals surface area contributed by atoms with Crippen LogP contribution in [-0.2, 0) is 19.6 Å². The molecule has 9 heteroatoms. The Balaban J connectivity index is 1.99. The van der Waals surface area contributed by atoms with E-state index in [9.17, 15) is 23.1 Å². The number of Topliss-reactive ketones (excluding diaryl/α,β-unsaturated/α-hetero) is 1. The molecule has 0 fully saturated rings. The lowest BCUT2D eigenvalue weighted by atomic mass is 10.1. The number of hydrogen-bond acceptors (Lipinski definition) is 7. The number of rotatable bonds is 8. The van der Waals surface area contributed by atoms with Crippen LogP contribution in [0.3, 0.4) is 0 Å². The number of hydrogen-bond donors (Lipinski definition) is 2. The molecule has 0 unspecified atom stereocenters. The van der Waals surface area contributed by atoms with Gasteiger partial charge in [-0.05, 0) is 55.0 Å². The van der Waals surface area contributed by atoms with Crippen molar-refractivity contribution < 1.29 is 32.6 Å². The van der Waals surface area contributed by atoms with E-state index in [-0.39, 0.29) is 17.1 Å². The van der Waals surface area contributed by atoms with Gasteiger partial charge in [0.1, 0.15) is 0 Å². The minimum Gasteiger partial charge on any atom is -0.504 e. The molecule has 0 bridgehead atoms. The summed E-state index contributed by atoms with van der Waals surface area (Å²) in [5.41, 5.74) is 1.20. The number of anilines is 1. The average Bonchev–Trinajstić information content (AvgIpc) is 2.66. The van der Waals surface area contributed by atoms with Crippen molar-refractivity contribution >= 4 is 33.5 Å². The van der Waals surface area contributed by atoms with E-state index in [1.54, 1.807) is 12.1 Å². The van der Waals surface area contributed by atoms with Crippen LogP contribution in [-0.4, -0.2) is 44.7 Å². The second-order valence-corrected chi connectivity index (χ2v) is 7.91. The molecule has 0 aliphatic rings. The van der Waals surface area contributed by atoms with E-state index in [0.717, 1.165) is 12.3 Å². The Morgan fingerprint density at radius 2 is 1.79 bits per heavy atom. The van der Waals surface area contributed by atoms with Gasteiger partial charge in [-0.1, -0.05) is 6.07 Å². The molecule has 2 N–H and O–H groups in total. The Morgan fingerprint density at radius 3 is 2.38 bits per heavy atom. The van der Waals surface area contributed by atoms with Crippen molar-refractivity contribution in [2.24, 2.45) is 0 Å². The molecular formula is C20H21NO7S. The van der Waals surface area contributed by atoms with Crippen LogP contribution >= 0.6 is 0 Å². The number of ketones is 1. The molecule has 0 saturated carbocycles. The number of methoxy groups -OCH3 is 1. The summed E-state index contributed by atoms with van der Waals surface area (Å²) in [7, 11) is -2.00. The minimum atomic E-state index is -3.41. The zero-order chi connectivity index (χ0) is 21.6. The number of phenols is 1. The summed E-state index contributed by atoms with van der Waals surface area (Å²) in [6.07, 6.45) is 2.62. The van der Waals surface area contributed by atoms with E-state index in [4.69, 9.17) is 9.47 Å². The highest BCUT2D eigenvalue weighted by Crippen LogP contribution is 2.26. The summed E-state index contributed by atoms with van der Waals surface area (Å²) < 4.78 is 34.8. The fraction of sp³-hybridized carbons (Fsp3) is 0.200. The summed E-state index contributed by atoms with van der Waals surface area (Å²) in [5.74, 6) is -0.903. The number of nitrogens with one attached hydrogen (secondary N) is 1. The van der Waals surface area contributed by atoms with Gasteiger partial charge >= 0.3 is 5.97 Å². The zero-order valence-corrected chi connectivity index (χ0v) is 16.9. The molecule has 0 aliphatic heterocycles. The van der Waals surface area contributed by atoms with E-state index >= 15 is 0 Å². The maximum atomic E-state index is 12.4. The topological polar surface area (TPSA) is 119 Å². The van der Waals surface area contributed by atoms with Crippen LogP contribution in [0.25, 0.3) is 6.08 Å². The largest absolute Gasteiger partial charge is 0.504 e. The molecule has 0 saturated heterocycles. The van der Waals surface area contributed by atoms with Crippen LogP contribution in [0.2, 0.25) is 0 Å². The van der Waals surface area contributed by atoms with E-state index in [1.807, 2.05) is 0 Å². The molecule has 29 heavy (non-hydrogen) atoms. The average molecular weight is 419 g/mol. The first-order valence-corrected chi connectivity index (χ1v) is 10.4. The molecule has 2 aromatic carbocycles. The number of aromatic hydroxyl groups is 1. The van der Waals surface area contributed by atoms with Crippen LogP contribution in [0, 0.1) is 0 Å². The van der Waals surface area contributed by atoms with Crippen molar-refractivity contribution in [1.82, 2.24) is 0 Å². The van der Waals surface area contributed by atoms with Gasteiger partial charge in [0.05, 0.1) is 13.4 Å². The van der Waals surface area contributed by atoms with Crippen LogP contribution in [0.1, 0.15) is 22.8 Å². The summed E-state index contributed by atoms with van der Waals surface area (Å²) in [6, 6.07) is 10.3. The number of esters is 1. The van der Waals surface area contributed by atoms with Crippen molar-refractivity contribution in [3.63, 3.8) is 0 Å². The standard InChI is InChI=1S/C20H21NO7S/c1-13(20(24)15-6-8-16(9-7-15)21-29(3,25)26)28-19(23)11-5-14-4-10-17(22)18(12-14)27-2/h4-13,21-22H,1-3H3/b11-5+/t13-/m0/s1. The third-order valence-electron chi connectivity index (χ3n) is 3.75. The summed E-state index contributed by atoms with van der Waals surface area (Å²) >= 11 is 0. The first-order chi connectivity index (χ1) is 13.6. The number of ether oxygens (including phenoxy) is 2. The molecule has 154 valence electrons. The van der Waals surface area contributed by atoms with Gasteiger partial charge in [0.2, 0.25) is 15.8 Å².